The molecule has 0 bridgehead atoms. The molecule has 1 rings (SSSR count). The summed E-state index contributed by atoms with van der Waals surface area (Å²) < 4.78 is 2.51. The Labute approximate surface area is 241 Å². The van der Waals surface area contributed by atoms with Crippen molar-refractivity contribution in [1.29, 1.82) is 0 Å². The van der Waals surface area contributed by atoms with Crippen LogP contribution in [0, 0.1) is 0 Å². The van der Waals surface area contributed by atoms with Crippen molar-refractivity contribution < 1.29 is 4.57 Å². The van der Waals surface area contributed by atoms with E-state index in [9.17, 15) is 0 Å². The van der Waals surface area contributed by atoms with Crippen LogP contribution in [0.2, 0.25) is 0 Å². The monoisotopic (exact) mass is 529 g/mol. The second-order valence-corrected chi connectivity index (χ2v) is 12.4. The lowest BCUT2D eigenvalue weighted by molar-refractivity contribution is -0.697. The first-order valence-corrected chi connectivity index (χ1v) is 17.8. The van der Waals surface area contributed by atoms with Crippen molar-refractivity contribution in [3.8, 4) is 0 Å². The van der Waals surface area contributed by atoms with Gasteiger partial charge in [0.15, 0.2) is 12.4 Å². The van der Waals surface area contributed by atoms with E-state index in [0.29, 0.717) is 0 Å². The van der Waals surface area contributed by atoms with E-state index in [4.69, 9.17) is 0 Å². The minimum Gasteiger partial charge on any atom is -0.205 e. The Morgan fingerprint density at radius 3 is 1.16 bits per heavy atom. The van der Waals surface area contributed by atoms with Crippen LogP contribution in [-0.4, -0.2) is 0 Å². The SMILES string of the molecule is CCCCCCCCCCCCCCCCCC[n+]1ccc(CCCCCCC)c(CCCCCCC)c1. The van der Waals surface area contributed by atoms with Crippen molar-refractivity contribution in [3.63, 3.8) is 0 Å². The first kappa shape index (κ1) is 35.2. The highest BCUT2D eigenvalue weighted by atomic mass is 14.9. The molecule has 0 atom stereocenters. The van der Waals surface area contributed by atoms with Gasteiger partial charge in [-0.15, -0.1) is 0 Å². The summed E-state index contributed by atoms with van der Waals surface area (Å²) in [6, 6.07) is 2.47. The molecule has 0 saturated carbocycles. The number of aryl methyl sites for hydroxylation is 3. The van der Waals surface area contributed by atoms with Crippen LogP contribution in [0.1, 0.15) is 199 Å². The van der Waals surface area contributed by atoms with Gasteiger partial charge >= 0.3 is 0 Å². The number of unbranched alkanes of at least 4 members (excludes halogenated alkanes) is 23. The van der Waals surface area contributed by atoms with E-state index in [1.807, 2.05) is 0 Å². The van der Waals surface area contributed by atoms with Gasteiger partial charge in [0.25, 0.3) is 0 Å². The van der Waals surface area contributed by atoms with Crippen LogP contribution in [0.4, 0.5) is 0 Å². The standard InChI is InChI=1S/C37H70N/c1-4-7-10-13-14-15-16-17-18-19-20-21-22-23-26-29-33-38-34-32-36(30-27-24-11-8-5-2)37(35-38)31-28-25-12-9-6-3/h32,34-35H,4-31,33H2,1-3H3/q+1. The lowest BCUT2D eigenvalue weighted by atomic mass is 9.98. The van der Waals surface area contributed by atoms with E-state index in [-0.39, 0.29) is 0 Å². The summed E-state index contributed by atoms with van der Waals surface area (Å²) in [7, 11) is 0. The molecule has 0 unspecified atom stereocenters. The van der Waals surface area contributed by atoms with E-state index >= 15 is 0 Å². The molecule has 0 aliphatic carbocycles. The Morgan fingerprint density at radius 1 is 0.395 bits per heavy atom. The highest BCUT2D eigenvalue weighted by Gasteiger charge is 2.10. The van der Waals surface area contributed by atoms with Crippen LogP contribution in [0.15, 0.2) is 18.5 Å². The molecule has 0 N–H and O–H groups in total. The van der Waals surface area contributed by atoms with Crippen molar-refractivity contribution in [3.05, 3.63) is 29.6 Å². The van der Waals surface area contributed by atoms with Crippen molar-refractivity contribution in [2.45, 2.75) is 207 Å². The molecule has 0 aromatic carbocycles. The van der Waals surface area contributed by atoms with Crippen LogP contribution in [-0.2, 0) is 19.4 Å². The summed E-state index contributed by atoms with van der Waals surface area (Å²) in [6.45, 7) is 8.14. The third kappa shape index (κ3) is 21.0. The largest absolute Gasteiger partial charge is 0.205 e. The summed E-state index contributed by atoms with van der Waals surface area (Å²) in [4.78, 5) is 0. The fourth-order valence-electron chi connectivity index (χ4n) is 5.91. The molecule has 1 heterocycles. The summed E-state index contributed by atoms with van der Waals surface area (Å²) in [6.07, 6.45) is 44.4. The van der Waals surface area contributed by atoms with Gasteiger partial charge < -0.3 is 0 Å². The third-order valence-electron chi connectivity index (χ3n) is 8.57. The van der Waals surface area contributed by atoms with Crippen LogP contribution < -0.4 is 4.57 Å². The maximum atomic E-state index is 2.52. The summed E-state index contributed by atoms with van der Waals surface area (Å²) in [5, 5.41) is 0. The van der Waals surface area contributed by atoms with Crippen LogP contribution in [0.5, 0.6) is 0 Å². The van der Waals surface area contributed by atoms with Gasteiger partial charge in [-0.25, -0.2) is 4.57 Å². The molecule has 0 saturated heterocycles. The molecule has 0 radical (unpaired) electrons. The second kappa shape index (κ2) is 27.7. The molecule has 0 aliphatic heterocycles. The van der Waals surface area contributed by atoms with Gasteiger partial charge in [-0.05, 0) is 37.7 Å². The minimum absolute atomic E-state index is 1.21. The molecule has 222 valence electrons. The smallest absolute Gasteiger partial charge is 0.172 e. The lowest BCUT2D eigenvalue weighted by Gasteiger charge is -2.09. The van der Waals surface area contributed by atoms with Crippen molar-refractivity contribution in [1.82, 2.24) is 0 Å². The van der Waals surface area contributed by atoms with E-state index in [0.717, 1.165) is 0 Å². The molecular weight excluding hydrogens is 458 g/mol. The van der Waals surface area contributed by atoms with Gasteiger partial charge in [0, 0.05) is 18.1 Å². The Morgan fingerprint density at radius 2 is 0.737 bits per heavy atom. The zero-order valence-corrected chi connectivity index (χ0v) is 26.7. The summed E-state index contributed by atoms with van der Waals surface area (Å²) in [5.41, 5.74) is 3.29. The van der Waals surface area contributed by atoms with Gasteiger partial charge in [-0.2, -0.15) is 0 Å². The van der Waals surface area contributed by atoms with E-state index < -0.39 is 0 Å². The average molecular weight is 529 g/mol. The number of hydrogen-bond acceptors (Lipinski definition) is 0. The number of rotatable bonds is 29. The van der Waals surface area contributed by atoms with Gasteiger partial charge in [0.05, 0.1) is 0 Å². The highest BCUT2D eigenvalue weighted by molar-refractivity contribution is 5.21. The Bertz CT molecular complexity index is 607. The first-order chi connectivity index (χ1) is 18.8. The Kier molecular flexibility index (Phi) is 25.6. The number of nitrogens with zero attached hydrogens (tertiary/aromatic N) is 1. The molecule has 1 aromatic rings. The number of pyridine rings is 1. The molecule has 1 nitrogen and oxygen atoms in total. The predicted molar refractivity (Wildman–Crippen MR) is 171 cm³/mol. The fourth-order valence-corrected chi connectivity index (χ4v) is 5.91. The zero-order chi connectivity index (χ0) is 27.4. The number of hydrogen-bond donors (Lipinski definition) is 0. The van der Waals surface area contributed by atoms with Crippen molar-refractivity contribution >= 4 is 0 Å². The average Bonchev–Trinajstić information content (AvgIpc) is 2.93. The molecule has 0 spiro atoms. The topological polar surface area (TPSA) is 3.88 Å². The summed E-state index contributed by atoms with van der Waals surface area (Å²) in [5.74, 6) is 0. The zero-order valence-electron chi connectivity index (χ0n) is 26.7. The molecule has 38 heavy (non-hydrogen) atoms. The third-order valence-corrected chi connectivity index (χ3v) is 8.57. The summed E-state index contributed by atoms with van der Waals surface area (Å²) >= 11 is 0. The van der Waals surface area contributed by atoms with E-state index in [1.165, 1.54) is 186 Å². The normalized spacial score (nSPS) is 11.4. The number of aromatic nitrogens is 1. The molecular formula is C37H70N+. The van der Waals surface area contributed by atoms with E-state index in [1.54, 1.807) is 11.1 Å². The van der Waals surface area contributed by atoms with Crippen LogP contribution in [0.25, 0.3) is 0 Å². The predicted octanol–water partition coefficient (Wildman–Crippen LogP) is 12.3. The van der Waals surface area contributed by atoms with Crippen molar-refractivity contribution in [2.75, 3.05) is 0 Å². The maximum Gasteiger partial charge on any atom is 0.172 e. The van der Waals surface area contributed by atoms with Crippen molar-refractivity contribution in [2.24, 2.45) is 0 Å². The maximum absolute atomic E-state index is 2.52. The van der Waals surface area contributed by atoms with Crippen LogP contribution in [0.3, 0.4) is 0 Å². The molecule has 0 amide bonds. The van der Waals surface area contributed by atoms with Gasteiger partial charge in [-0.1, -0.05) is 162 Å². The fraction of sp³-hybridized carbons (Fsp3) is 0.865. The molecule has 0 aliphatic rings. The first-order valence-electron chi connectivity index (χ1n) is 17.8. The molecule has 1 heteroatoms. The quantitative estimate of drug-likeness (QED) is 0.0719. The lowest BCUT2D eigenvalue weighted by Crippen LogP contribution is -2.34. The Hall–Kier alpha value is -0.850. The van der Waals surface area contributed by atoms with Gasteiger partial charge in [0.2, 0.25) is 0 Å². The van der Waals surface area contributed by atoms with Crippen LogP contribution >= 0.6 is 0 Å². The highest BCUT2D eigenvalue weighted by Crippen LogP contribution is 2.17. The van der Waals surface area contributed by atoms with Gasteiger partial charge in [0.1, 0.15) is 6.54 Å². The molecule has 0 fully saturated rings. The van der Waals surface area contributed by atoms with Gasteiger partial charge in [-0.3, -0.25) is 0 Å². The Balaban J connectivity index is 2.16. The second-order valence-electron chi connectivity index (χ2n) is 12.4. The minimum atomic E-state index is 1.21. The molecule has 1 aromatic heterocycles. The van der Waals surface area contributed by atoms with E-state index in [2.05, 4.69) is 43.8 Å².